The number of fused-ring (bicyclic) bond motifs is 2. The third-order valence-corrected chi connectivity index (χ3v) is 5.37. The van der Waals surface area contributed by atoms with E-state index >= 15 is 0 Å². The van der Waals surface area contributed by atoms with Gasteiger partial charge in [0.1, 0.15) is 5.75 Å². The average molecular weight is 258 g/mol. The summed E-state index contributed by atoms with van der Waals surface area (Å²) in [4.78, 5) is 0. The van der Waals surface area contributed by atoms with Gasteiger partial charge in [0.05, 0.1) is 12.6 Å². The van der Waals surface area contributed by atoms with Crippen LogP contribution in [0.2, 0.25) is 0 Å². The minimum atomic E-state index is 0.279. The molecule has 0 bridgehead atoms. The van der Waals surface area contributed by atoms with Crippen LogP contribution in [-0.2, 0) is 6.42 Å². The van der Waals surface area contributed by atoms with E-state index in [0.29, 0.717) is 0 Å². The molecular weight excluding hydrogens is 236 g/mol. The van der Waals surface area contributed by atoms with Crippen LogP contribution in [0.3, 0.4) is 0 Å². The summed E-state index contributed by atoms with van der Waals surface area (Å²) in [6, 6.07) is 6.80. The molecule has 0 saturated heterocycles. The minimum absolute atomic E-state index is 0.279. The molecular formula is C16H22N2O. The summed E-state index contributed by atoms with van der Waals surface area (Å²) in [5, 5.41) is 0. The highest BCUT2D eigenvalue weighted by Crippen LogP contribution is 2.61. The van der Waals surface area contributed by atoms with Crippen molar-refractivity contribution >= 4 is 0 Å². The summed E-state index contributed by atoms with van der Waals surface area (Å²) >= 11 is 0. The van der Waals surface area contributed by atoms with Crippen LogP contribution in [0.4, 0.5) is 0 Å². The van der Waals surface area contributed by atoms with Crippen molar-refractivity contribution in [3.8, 4) is 5.75 Å². The van der Waals surface area contributed by atoms with E-state index in [4.69, 9.17) is 10.6 Å². The smallest absolute Gasteiger partial charge is 0.127 e. The van der Waals surface area contributed by atoms with Gasteiger partial charge in [0.2, 0.25) is 0 Å². The topological polar surface area (TPSA) is 47.3 Å². The van der Waals surface area contributed by atoms with Crippen LogP contribution < -0.4 is 16.0 Å². The number of hydrogen-bond donors (Lipinski definition) is 2. The number of nitrogens with one attached hydrogen (secondary N) is 1. The molecule has 0 amide bonds. The number of ether oxygens (including phenoxy) is 1. The normalized spacial score (nSPS) is 33.2. The van der Waals surface area contributed by atoms with Crippen molar-refractivity contribution < 1.29 is 4.74 Å². The maximum Gasteiger partial charge on any atom is 0.127 e. The molecule has 3 nitrogen and oxygen atoms in total. The van der Waals surface area contributed by atoms with Gasteiger partial charge in [-0.25, -0.2) is 0 Å². The van der Waals surface area contributed by atoms with Crippen LogP contribution in [0, 0.1) is 17.8 Å². The van der Waals surface area contributed by atoms with Crippen molar-refractivity contribution in [3.63, 3.8) is 0 Å². The number of rotatable bonds is 3. The molecule has 1 heterocycles. The molecule has 3 aliphatic rings. The molecule has 1 aromatic carbocycles. The Morgan fingerprint density at radius 3 is 2.74 bits per heavy atom. The van der Waals surface area contributed by atoms with Gasteiger partial charge in [0.25, 0.3) is 0 Å². The van der Waals surface area contributed by atoms with Crippen molar-refractivity contribution in [2.75, 3.05) is 6.61 Å². The lowest BCUT2D eigenvalue weighted by molar-refractivity contribution is 0.343. The van der Waals surface area contributed by atoms with Gasteiger partial charge in [-0.05, 0) is 36.2 Å². The molecule has 102 valence electrons. The number of hydrogen-bond acceptors (Lipinski definition) is 3. The Morgan fingerprint density at radius 2 is 2.00 bits per heavy atom. The monoisotopic (exact) mass is 258 g/mol. The third-order valence-electron chi connectivity index (χ3n) is 5.37. The molecule has 3 heteroatoms. The van der Waals surface area contributed by atoms with Crippen molar-refractivity contribution in [1.29, 1.82) is 0 Å². The van der Waals surface area contributed by atoms with Crippen LogP contribution >= 0.6 is 0 Å². The Labute approximate surface area is 114 Å². The van der Waals surface area contributed by atoms with Gasteiger partial charge in [-0.3, -0.25) is 11.3 Å². The molecule has 0 radical (unpaired) electrons. The molecule has 4 rings (SSSR count). The van der Waals surface area contributed by atoms with Crippen LogP contribution in [0.5, 0.6) is 5.75 Å². The molecule has 3 unspecified atom stereocenters. The summed E-state index contributed by atoms with van der Waals surface area (Å²) in [5.41, 5.74) is 5.72. The fourth-order valence-electron chi connectivity index (χ4n) is 4.44. The number of nitrogens with two attached hydrogens (primary N) is 1. The molecule has 0 aromatic heterocycles. The zero-order chi connectivity index (χ0) is 12.8. The first kappa shape index (κ1) is 11.7. The molecule has 2 fully saturated rings. The third kappa shape index (κ3) is 1.79. The fourth-order valence-corrected chi connectivity index (χ4v) is 4.44. The van der Waals surface area contributed by atoms with E-state index < -0.39 is 0 Å². The van der Waals surface area contributed by atoms with Crippen LogP contribution in [-0.4, -0.2) is 6.61 Å². The van der Waals surface area contributed by atoms with Crippen LogP contribution in [0.25, 0.3) is 0 Å². The fraction of sp³-hybridized carbons (Fsp3) is 0.625. The summed E-state index contributed by atoms with van der Waals surface area (Å²) < 4.78 is 5.85. The van der Waals surface area contributed by atoms with E-state index in [1.165, 1.54) is 36.8 Å². The van der Waals surface area contributed by atoms with Crippen molar-refractivity contribution in [3.05, 3.63) is 29.3 Å². The highest BCUT2D eigenvalue weighted by Gasteiger charge is 2.54. The lowest BCUT2D eigenvalue weighted by Crippen LogP contribution is -2.30. The van der Waals surface area contributed by atoms with Crippen molar-refractivity contribution in [2.45, 2.75) is 38.1 Å². The molecule has 1 aliphatic heterocycles. The predicted molar refractivity (Wildman–Crippen MR) is 74.6 cm³/mol. The lowest BCUT2D eigenvalue weighted by atomic mass is 9.97. The van der Waals surface area contributed by atoms with Crippen LogP contribution in [0.15, 0.2) is 18.2 Å². The average Bonchev–Trinajstić information content (AvgIpc) is 2.95. The maximum absolute atomic E-state index is 5.89. The summed E-state index contributed by atoms with van der Waals surface area (Å²) in [7, 11) is 0. The van der Waals surface area contributed by atoms with Gasteiger partial charge in [-0.2, -0.15) is 0 Å². The van der Waals surface area contributed by atoms with E-state index in [2.05, 4.69) is 23.6 Å². The summed E-state index contributed by atoms with van der Waals surface area (Å²) in [6.07, 6.45) is 6.63. The van der Waals surface area contributed by atoms with Gasteiger partial charge in [0.15, 0.2) is 0 Å². The van der Waals surface area contributed by atoms with Gasteiger partial charge in [0, 0.05) is 12.0 Å². The second kappa shape index (κ2) is 4.50. The SMILES string of the molecule is NNC(c1cccc2c1OCC2)C1C2CCCCC21. The molecule has 2 aliphatic carbocycles. The molecule has 2 saturated carbocycles. The van der Waals surface area contributed by atoms with Gasteiger partial charge in [-0.1, -0.05) is 31.0 Å². The molecule has 19 heavy (non-hydrogen) atoms. The van der Waals surface area contributed by atoms with Gasteiger partial charge < -0.3 is 4.74 Å². The Kier molecular flexibility index (Phi) is 2.78. The van der Waals surface area contributed by atoms with E-state index in [1.807, 2.05) is 0 Å². The van der Waals surface area contributed by atoms with Crippen molar-refractivity contribution in [1.82, 2.24) is 5.43 Å². The second-order valence-corrected chi connectivity index (χ2v) is 6.27. The minimum Gasteiger partial charge on any atom is -0.493 e. The zero-order valence-corrected chi connectivity index (χ0v) is 11.3. The molecule has 1 aromatic rings. The Morgan fingerprint density at radius 1 is 1.21 bits per heavy atom. The first-order valence-corrected chi connectivity index (χ1v) is 7.61. The largest absolute Gasteiger partial charge is 0.493 e. The Bertz CT molecular complexity index is 476. The van der Waals surface area contributed by atoms with E-state index in [0.717, 1.165) is 36.5 Å². The number of benzene rings is 1. The van der Waals surface area contributed by atoms with Gasteiger partial charge >= 0.3 is 0 Å². The van der Waals surface area contributed by atoms with E-state index in [-0.39, 0.29) is 6.04 Å². The quantitative estimate of drug-likeness (QED) is 0.647. The molecule has 3 N–H and O–H groups in total. The zero-order valence-electron chi connectivity index (χ0n) is 11.3. The standard InChI is InChI=1S/C16H22N2O/c17-18-15(14-11-5-1-2-6-12(11)14)13-7-3-4-10-8-9-19-16(10)13/h3-4,7,11-12,14-15,18H,1-2,5-6,8-9,17H2. The van der Waals surface area contributed by atoms with E-state index in [1.54, 1.807) is 0 Å². The highest BCUT2D eigenvalue weighted by atomic mass is 16.5. The highest BCUT2D eigenvalue weighted by molar-refractivity contribution is 5.46. The first-order valence-electron chi connectivity index (χ1n) is 7.61. The van der Waals surface area contributed by atoms with Gasteiger partial charge in [-0.15, -0.1) is 0 Å². The van der Waals surface area contributed by atoms with Crippen LogP contribution in [0.1, 0.15) is 42.9 Å². The van der Waals surface area contributed by atoms with Crippen molar-refractivity contribution in [2.24, 2.45) is 23.6 Å². The summed E-state index contributed by atoms with van der Waals surface area (Å²) in [5.74, 6) is 9.51. The number of hydrazine groups is 1. The molecule has 0 spiro atoms. The maximum atomic E-state index is 5.89. The lowest BCUT2D eigenvalue weighted by Gasteiger charge is -2.19. The molecule has 3 atom stereocenters. The Balaban J connectivity index is 1.65. The first-order chi connectivity index (χ1) is 9.40. The van der Waals surface area contributed by atoms with E-state index in [9.17, 15) is 0 Å². The summed E-state index contributed by atoms with van der Waals surface area (Å²) in [6.45, 7) is 0.821. The second-order valence-electron chi connectivity index (χ2n) is 6.27. The predicted octanol–water partition coefficient (Wildman–Crippen LogP) is 2.56. The number of para-hydroxylation sites is 1. The Hall–Kier alpha value is -1.06.